The van der Waals surface area contributed by atoms with Crippen LogP contribution in [0.2, 0.25) is 0 Å². The maximum Gasteiger partial charge on any atom is 0.506 e. The summed E-state index contributed by atoms with van der Waals surface area (Å²) in [5.41, 5.74) is 1.93. The zero-order chi connectivity index (χ0) is 10.4. The third-order valence-electron chi connectivity index (χ3n) is 1.83. The molecule has 1 rings (SSSR count). The highest BCUT2D eigenvalue weighted by Gasteiger charge is 2.02. The van der Waals surface area contributed by atoms with Crippen molar-refractivity contribution < 1.29 is 14.6 Å². The number of hydrogen-bond acceptors (Lipinski definition) is 2. The first-order valence-corrected chi connectivity index (χ1v) is 4.27. The summed E-state index contributed by atoms with van der Waals surface area (Å²) >= 11 is 0. The van der Waals surface area contributed by atoms with Gasteiger partial charge in [-0.15, -0.1) is 6.58 Å². The molecule has 0 aliphatic carbocycles. The number of allylic oxidation sites excluding steroid dienone is 1. The molecule has 0 radical (unpaired) electrons. The summed E-state index contributed by atoms with van der Waals surface area (Å²) in [4.78, 5) is 10.2. The maximum atomic E-state index is 10.2. The Kier molecular flexibility index (Phi) is 3.73. The SMILES string of the molecule is C=CCc1ccccc1COC(=O)O. The molecule has 3 nitrogen and oxygen atoms in total. The van der Waals surface area contributed by atoms with Crippen molar-refractivity contribution in [3.8, 4) is 0 Å². The normalized spacial score (nSPS) is 9.43. The van der Waals surface area contributed by atoms with Crippen molar-refractivity contribution in [1.82, 2.24) is 0 Å². The molecule has 0 atom stereocenters. The standard InChI is InChI=1S/C11H12O3/c1-2-5-9-6-3-4-7-10(9)8-14-11(12)13/h2-4,6-7H,1,5,8H2,(H,12,13). The smallest absolute Gasteiger partial charge is 0.450 e. The van der Waals surface area contributed by atoms with Gasteiger partial charge in [-0.2, -0.15) is 0 Å². The Labute approximate surface area is 82.6 Å². The van der Waals surface area contributed by atoms with Crippen LogP contribution in [0.5, 0.6) is 0 Å². The lowest BCUT2D eigenvalue weighted by molar-refractivity contribution is 0.0852. The largest absolute Gasteiger partial charge is 0.506 e. The molecular weight excluding hydrogens is 180 g/mol. The zero-order valence-electron chi connectivity index (χ0n) is 7.77. The fourth-order valence-electron chi connectivity index (χ4n) is 1.19. The number of carboxylic acid groups (broad SMARTS) is 1. The lowest BCUT2D eigenvalue weighted by Crippen LogP contribution is -2.02. The molecule has 0 bridgehead atoms. The second-order valence-electron chi connectivity index (χ2n) is 2.82. The lowest BCUT2D eigenvalue weighted by atomic mass is 10.1. The summed E-state index contributed by atoms with van der Waals surface area (Å²) < 4.78 is 4.50. The summed E-state index contributed by atoms with van der Waals surface area (Å²) in [5.74, 6) is 0. The van der Waals surface area contributed by atoms with Crippen molar-refractivity contribution in [2.24, 2.45) is 0 Å². The highest BCUT2D eigenvalue weighted by molar-refractivity contribution is 5.56. The summed E-state index contributed by atoms with van der Waals surface area (Å²) in [6, 6.07) is 7.54. The topological polar surface area (TPSA) is 46.5 Å². The molecule has 1 N–H and O–H groups in total. The van der Waals surface area contributed by atoms with E-state index in [1.807, 2.05) is 24.3 Å². The van der Waals surface area contributed by atoms with Gasteiger partial charge in [0.1, 0.15) is 6.61 Å². The average molecular weight is 192 g/mol. The predicted octanol–water partition coefficient (Wildman–Crippen LogP) is 2.61. The minimum absolute atomic E-state index is 0.0966. The number of ether oxygens (including phenoxy) is 1. The monoisotopic (exact) mass is 192 g/mol. The van der Waals surface area contributed by atoms with Crippen LogP contribution in [0.4, 0.5) is 4.79 Å². The van der Waals surface area contributed by atoms with Crippen LogP contribution in [0.25, 0.3) is 0 Å². The minimum Gasteiger partial charge on any atom is -0.450 e. The maximum absolute atomic E-state index is 10.2. The molecule has 0 saturated carbocycles. The average Bonchev–Trinajstić information content (AvgIpc) is 2.17. The predicted molar refractivity (Wildman–Crippen MR) is 53.2 cm³/mol. The van der Waals surface area contributed by atoms with Gasteiger partial charge >= 0.3 is 6.16 Å². The van der Waals surface area contributed by atoms with E-state index >= 15 is 0 Å². The van der Waals surface area contributed by atoms with Crippen LogP contribution in [0, 0.1) is 0 Å². The van der Waals surface area contributed by atoms with Crippen molar-refractivity contribution in [3.63, 3.8) is 0 Å². The van der Waals surface area contributed by atoms with Gasteiger partial charge in [0.2, 0.25) is 0 Å². The van der Waals surface area contributed by atoms with Crippen LogP contribution in [-0.4, -0.2) is 11.3 Å². The molecule has 74 valence electrons. The van der Waals surface area contributed by atoms with E-state index in [1.165, 1.54) is 0 Å². The van der Waals surface area contributed by atoms with Gasteiger partial charge in [-0.05, 0) is 17.5 Å². The Hall–Kier alpha value is -1.77. The number of hydrogen-bond donors (Lipinski definition) is 1. The van der Waals surface area contributed by atoms with E-state index in [4.69, 9.17) is 5.11 Å². The zero-order valence-corrected chi connectivity index (χ0v) is 7.77. The summed E-state index contributed by atoms with van der Waals surface area (Å²) in [5, 5.41) is 8.35. The third-order valence-corrected chi connectivity index (χ3v) is 1.83. The van der Waals surface area contributed by atoms with Gasteiger partial charge in [0, 0.05) is 0 Å². The first kappa shape index (κ1) is 10.3. The second kappa shape index (κ2) is 5.07. The molecule has 0 aromatic heterocycles. The van der Waals surface area contributed by atoms with Crippen molar-refractivity contribution in [2.75, 3.05) is 0 Å². The molecule has 0 spiro atoms. The molecule has 0 aliphatic rings. The summed E-state index contributed by atoms with van der Waals surface area (Å²) in [6.45, 7) is 3.73. The fraction of sp³-hybridized carbons (Fsp3) is 0.182. The lowest BCUT2D eigenvalue weighted by Gasteiger charge is -2.06. The van der Waals surface area contributed by atoms with Gasteiger partial charge in [0.05, 0.1) is 0 Å². The summed E-state index contributed by atoms with van der Waals surface area (Å²) in [7, 11) is 0. The molecule has 1 aromatic carbocycles. The molecule has 3 heteroatoms. The quantitative estimate of drug-likeness (QED) is 0.589. The molecule has 0 fully saturated rings. The van der Waals surface area contributed by atoms with Crippen LogP contribution in [-0.2, 0) is 17.8 Å². The van der Waals surface area contributed by atoms with E-state index in [0.717, 1.165) is 17.5 Å². The number of rotatable bonds is 4. The van der Waals surface area contributed by atoms with E-state index in [2.05, 4.69) is 11.3 Å². The third kappa shape index (κ3) is 2.94. The molecule has 14 heavy (non-hydrogen) atoms. The number of benzene rings is 1. The molecule has 0 heterocycles. The molecule has 0 aliphatic heterocycles. The Morgan fingerprint density at radius 3 is 2.64 bits per heavy atom. The molecular formula is C11H12O3. The van der Waals surface area contributed by atoms with Crippen LogP contribution in [0.15, 0.2) is 36.9 Å². The Balaban J connectivity index is 2.73. The fourth-order valence-corrected chi connectivity index (χ4v) is 1.19. The first-order chi connectivity index (χ1) is 6.74. The van der Waals surface area contributed by atoms with Crippen LogP contribution in [0.1, 0.15) is 11.1 Å². The van der Waals surface area contributed by atoms with Gasteiger partial charge in [0.25, 0.3) is 0 Å². The highest BCUT2D eigenvalue weighted by atomic mass is 16.7. The molecule has 1 aromatic rings. The van der Waals surface area contributed by atoms with Gasteiger partial charge in [-0.25, -0.2) is 4.79 Å². The minimum atomic E-state index is -1.25. The molecule has 0 saturated heterocycles. The van der Waals surface area contributed by atoms with Gasteiger partial charge < -0.3 is 9.84 Å². The highest BCUT2D eigenvalue weighted by Crippen LogP contribution is 2.11. The van der Waals surface area contributed by atoms with E-state index in [0.29, 0.717) is 0 Å². The second-order valence-corrected chi connectivity index (χ2v) is 2.82. The van der Waals surface area contributed by atoms with Gasteiger partial charge in [-0.3, -0.25) is 0 Å². The van der Waals surface area contributed by atoms with Crippen LogP contribution in [0.3, 0.4) is 0 Å². The summed E-state index contributed by atoms with van der Waals surface area (Å²) in [6.07, 6.45) is 1.25. The molecule has 0 amide bonds. The van der Waals surface area contributed by atoms with Crippen LogP contribution < -0.4 is 0 Å². The molecule has 0 unspecified atom stereocenters. The van der Waals surface area contributed by atoms with E-state index in [-0.39, 0.29) is 6.61 Å². The van der Waals surface area contributed by atoms with Gasteiger partial charge in [0.15, 0.2) is 0 Å². The van der Waals surface area contributed by atoms with E-state index in [1.54, 1.807) is 6.08 Å². The number of carbonyl (C=O) groups is 1. The van der Waals surface area contributed by atoms with Crippen molar-refractivity contribution in [3.05, 3.63) is 48.0 Å². The first-order valence-electron chi connectivity index (χ1n) is 4.27. The van der Waals surface area contributed by atoms with Crippen LogP contribution >= 0.6 is 0 Å². The van der Waals surface area contributed by atoms with E-state index in [9.17, 15) is 4.79 Å². The Morgan fingerprint density at radius 2 is 2.07 bits per heavy atom. The van der Waals surface area contributed by atoms with Crippen molar-refractivity contribution in [1.29, 1.82) is 0 Å². The van der Waals surface area contributed by atoms with E-state index < -0.39 is 6.16 Å². The van der Waals surface area contributed by atoms with Crippen molar-refractivity contribution in [2.45, 2.75) is 13.0 Å². The van der Waals surface area contributed by atoms with Crippen molar-refractivity contribution >= 4 is 6.16 Å². The van der Waals surface area contributed by atoms with Gasteiger partial charge in [-0.1, -0.05) is 30.3 Å². The Bertz CT molecular complexity index is 331. The Morgan fingerprint density at radius 1 is 1.43 bits per heavy atom.